The first kappa shape index (κ1) is 12.7. The Balaban J connectivity index is 1.71. The topological polar surface area (TPSA) is 81.8 Å². The predicted octanol–water partition coefficient (Wildman–Crippen LogP) is 0.835. The fraction of sp³-hybridized carbons (Fsp3) is 0.417. The lowest BCUT2D eigenvalue weighted by atomic mass is 10.3. The van der Waals surface area contributed by atoms with Crippen LogP contribution in [0.2, 0.25) is 0 Å². The van der Waals surface area contributed by atoms with Crippen LogP contribution in [0.4, 0.5) is 10.9 Å². The fourth-order valence-electron chi connectivity index (χ4n) is 2.17. The van der Waals surface area contributed by atoms with Crippen LogP contribution in [-0.4, -0.2) is 45.5 Å². The smallest absolute Gasteiger partial charge is 0.205 e. The monoisotopic (exact) mass is 287 g/mol. The number of aromatic nitrogens is 4. The molecule has 1 saturated heterocycles. The third-order valence-electron chi connectivity index (χ3n) is 3.15. The zero-order chi connectivity index (χ0) is 13.9. The zero-order valence-corrected chi connectivity index (χ0v) is 11.8. The molecule has 20 heavy (non-hydrogen) atoms. The molecular weight excluding hydrogens is 274 g/mol. The van der Waals surface area contributed by atoms with Crippen LogP contribution in [0.3, 0.4) is 0 Å². The van der Waals surface area contributed by atoms with Crippen LogP contribution in [0.25, 0.3) is 0 Å². The summed E-state index contributed by atoms with van der Waals surface area (Å²) in [5, 5.41) is 10.0. The van der Waals surface area contributed by atoms with E-state index in [-0.39, 0.29) is 0 Å². The van der Waals surface area contributed by atoms with Crippen molar-refractivity contribution in [2.24, 2.45) is 0 Å². The van der Waals surface area contributed by atoms with Gasteiger partial charge in [-0.25, -0.2) is 15.0 Å². The molecule has 102 valence electrons. The number of nitriles is 1. The average Bonchev–Trinajstić information content (AvgIpc) is 2.94. The molecule has 0 atom stereocenters. The summed E-state index contributed by atoms with van der Waals surface area (Å²) in [5.74, 6) is 1.48. The minimum absolute atomic E-state index is 0.382. The largest absolute Gasteiger partial charge is 0.351 e. The molecule has 0 amide bonds. The van der Waals surface area contributed by atoms with E-state index in [1.54, 1.807) is 12.4 Å². The third-order valence-corrected chi connectivity index (χ3v) is 4.02. The Labute approximate surface area is 120 Å². The SMILES string of the molecule is Cc1nsc(N2CCN(c3nccnc3C#N)CC2)n1. The summed E-state index contributed by atoms with van der Waals surface area (Å²) in [6.07, 6.45) is 3.17. The minimum atomic E-state index is 0.382. The molecule has 0 radical (unpaired) electrons. The van der Waals surface area contributed by atoms with Crippen LogP contribution >= 0.6 is 11.5 Å². The highest BCUT2D eigenvalue weighted by Crippen LogP contribution is 2.21. The highest BCUT2D eigenvalue weighted by molar-refractivity contribution is 7.09. The van der Waals surface area contributed by atoms with E-state index < -0.39 is 0 Å². The van der Waals surface area contributed by atoms with Gasteiger partial charge in [-0.05, 0) is 6.92 Å². The third kappa shape index (κ3) is 2.40. The molecule has 0 saturated carbocycles. The summed E-state index contributed by atoms with van der Waals surface area (Å²) in [7, 11) is 0. The molecule has 1 aliphatic rings. The van der Waals surface area contributed by atoms with Crippen molar-refractivity contribution in [2.45, 2.75) is 6.92 Å². The standard InChI is InChI=1S/C12H13N7S/c1-9-16-12(20-17-9)19-6-4-18(5-7-19)11-10(8-13)14-2-3-15-11/h2-3H,4-7H2,1H3. The second-order valence-corrected chi connectivity index (χ2v) is 5.17. The van der Waals surface area contributed by atoms with E-state index in [1.165, 1.54) is 11.5 Å². The Morgan fingerprint density at radius 2 is 1.85 bits per heavy atom. The number of hydrogen-bond acceptors (Lipinski definition) is 8. The van der Waals surface area contributed by atoms with E-state index in [2.05, 4.69) is 35.2 Å². The van der Waals surface area contributed by atoms with Gasteiger partial charge in [-0.15, -0.1) is 0 Å². The lowest BCUT2D eigenvalue weighted by Gasteiger charge is -2.35. The van der Waals surface area contributed by atoms with E-state index in [0.29, 0.717) is 11.5 Å². The van der Waals surface area contributed by atoms with Crippen molar-refractivity contribution >= 4 is 22.5 Å². The lowest BCUT2D eigenvalue weighted by molar-refractivity contribution is 0.643. The van der Waals surface area contributed by atoms with Gasteiger partial charge in [0.15, 0.2) is 11.5 Å². The van der Waals surface area contributed by atoms with Gasteiger partial charge in [0.1, 0.15) is 11.9 Å². The molecule has 7 nitrogen and oxygen atoms in total. The first-order valence-electron chi connectivity index (χ1n) is 6.29. The molecule has 0 spiro atoms. The van der Waals surface area contributed by atoms with Crippen molar-refractivity contribution in [1.82, 2.24) is 19.3 Å². The number of aryl methyl sites for hydroxylation is 1. The van der Waals surface area contributed by atoms with Crippen LogP contribution in [0, 0.1) is 18.3 Å². The number of nitrogens with zero attached hydrogens (tertiary/aromatic N) is 7. The molecule has 3 rings (SSSR count). The minimum Gasteiger partial charge on any atom is -0.351 e. The van der Waals surface area contributed by atoms with Crippen LogP contribution in [0.1, 0.15) is 11.5 Å². The molecule has 1 aliphatic heterocycles. The second-order valence-electron chi connectivity index (χ2n) is 4.44. The first-order valence-corrected chi connectivity index (χ1v) is 7.06. The first-order chi connectivity index (χ1) is 9.78. The maximum atomic E-state index is 9.08. The summed E-state index contributed by atoms with van der Waals surface area (Å²) >= 11 is 1.43. The van der Waals surface area contributed by atoms with Gasteiger partial charge in [0, 0.05) is 50.1 Å². The summed E-state index contributed by atoms with van der Waals surface area (Å²) in [6, 6.07) is 2.09. The van der Waals surface area contributed by atoms with Crippen molar-refractivity contribution in [1.29, 1.82) is 5.26 Å². The summed E-state index contributed by atoms with van der Waals surface area (Å²) in [5.41, 5.74) is 0.382. The van der Waals surface area contributed by atoms with Crippen molar-refractivity contribution in [3.05, 3.63) is 23.9 Å². The van der Waals surface area contributed by atoms with Crippen LogP contribution < -0.4 is 9.80 Å². The van der Waals surface area contributed by atoms with Gasteiger partial charge in [0.2, 0.25) is 5.13 Å². The number of anilines is 2. The molecule has 0 N–H and O–H groups in total. The quantitative estimate of drug-likeness (QED) is 0.809. The van der Waals surface area contributed by atoms with Gasteiger partial charge in [-0.3, -0.25) is 0 Å². The summed E-state index contributed by atoms with van der Waals surface area (Å²) < 4.78 is 4.21. The summed E-state index contributed by atoms with van der Waals surface area (Å²) in [6.45, 7) is 5.18. The Hall–Kier alpha value is -2.27. The maximum Gasteiger partial charge on any atom is 0.205 e. The van der Waals surface area contributed by atoms with Crippen LogP contribution in [0.5, 0.6) is 0 Å². The fourth-order valence-corrected chi connectivity index (χ4v) is 2.89. The van der Waals surface area contributed by atoms with Crippen molar-refractivity contribution < 1.29 is 0 Å². The highest BCUT2D eigenvalue weighted by atomic mass is 32.1. The maximum absolute atomic E-state index is 9.08. The Kier molecular flexibility index (Phi) is 3.43. The van der Waals surface area contributed by atoms with Gasteiger partial charge in [-0.2, -0.15) is 9.64 Å². The van der Waals surface area contributed by atoms with Crippen molar-refractivity contribution in [3.8, 4) is 6.07 Å². The van der Waals surface area contributed by atoms with Gasteiger partial charge >= 0.3 is 0 Å². The number of rotatable bonds is 2. The van der Waals surface area contributed by atoms with Gasteiger partial charge in [0.05, 0.1) is 0 Å². The second kappa shape index (κ2) is 5.38. The average molecular weight is 287 g/mol. The molecule has 0 aliphatic carbocycles. The van der Waals surface area contributed by atoms with E-state index in [1.807, 2.05) is 6.92 Å². The van der Waals surface area contributed by atoms with E-state index in [0.717, 1.165) is 37.1 Å². The predicted molar refractivity (Wildman–Crippen MR) is 75.8 cm³/mol. The van der Waals surface area contributed by atoms with Gasteiger partial charge < -0.3 is 9.80 Å². The van der Waals surface area contributed by atoms with E-state index >= 15 is 0 Å². The normalized spacial score (nSPS) is 15.2. The van der Waals surface area contributed by atoms with Crippen LogP contribution in [0.15, 0.2) is 12.4 Å². The molecule has 0 bridgehead atoms. The molecule has 8 heteroatoms. The van der Waals surface area contributed by atoms with E-state index in [9.17, 15) is 0 Å². The summed E-state index contributed by atoms with van der Waals surface area (Å²) in [4.78, 5) is 17.0. The number of hydrogen-bond donors (Lipinski definition) is 0. The molecular formula is C12H13N7S. The molecule has 3 heterocycles. The Morgan fingerprint density at radius 3 is 2.50 bits per heavy atom. The zero-order valence-electron chi connectivity index (χ0n) is 11.0. The van der Waals surface area contributed by atoms with Crippen molar-refractivity contribution in [3.63, 3.8) is 0 Å². The molecule has 0 aromatic carbocycles. The van der Waals surface area contributed by atoms with Gasteiger partial charge in [0.25, 0.3) is 0 Å². The Bertz CT molecular complexity index is 639. The lowest BCUT2D eigenvalue weighted by Crippen LogP contribution is -2.47. The molecule has 1 fully saturated rings. The molecule has 0 unspecified atom stereocenters. The van der Waals surface area contributed by atoms with E-state index in [4.69, 9.17) is 5.26 Å². The van der Waals surface area contributed by atoms with Gasteiger partial charge in [-0.1, -0.05) is 0 Å². The van der Waals surface area contributed by atoms with Crippen LogP contribution in [-0.2, 0) is 0 Å². The molecule has 2 aromatic rings. The van der Waals surface area contributed by atoms with Crippen molar-refractivity contribution in [2.75, 3.05) is 36.0 Å². The highest BCUT2D eigenvalue weighted by Gasteiger charge is 2.22. The Morgan fingerprint density at radius 1 is 1.15 bits per heavy atom. The molecule has 2 aromatic heterocycles. The number of piperazine rings is 1.